The second kappa shape index (κ2) is 6.79. The first-order valence-electron chi connectivity index (χ1n) is 6.32. The lowest BCUT2D eigenvalue weighted by Gasteiger charge is -2.09. The molecule has 1 fully saturated rings. The molecule has 2 rings (SSSR count). The van der Waals surface area contributed by atoms with Crippen LogP contribution in [0.2, 0.25) is 0 Å². The molecule has 1 saturated heterocycles. The van der Waals surface area contributed by atoms with Crippen molar-refractivity contribution in [1.29, 1.82) is 0 Å². The topological polar surface area (TPSA) is 71.1 Å². The van der Waals surface area contributed by atoms with Crippen LogP contribution in [-0.4, -0.2) is 38.4 Å². The van der Waals surface area contributed by atoms with E-state index >= 15 is 0 Å². The Morgan fingerprint density at radius 2 is 2.00 bits per heavy atom. The summed E-state index contributed by atoms with van der Waals surface area (Å²) in [5, 5.41) is 0. The zero-order valence-electron chi connectivity index (χ0n) is 11.2. The number of hydrogen-bond donors (Lipinski definition) is 0. The minimum absolute atomic E-state index is 0.0792. The van der Waals surface area contributed by atoms with Gasteiger partial charge in [0.05, 0.1) is 26.7 Å². The van der Waals surface area contributed by atoms with E-state index in [0.29, 0.717) is 18.8 Å². The molecule has 0 aromatic heterocycles. The Kier molecular flexibility index (Phi) is 4.81. The van der Waals surface area contributed by atoms with E-state index < -0.39 is 18.0 Å². The molecule has 1 aromatic carbocycles. The fourth-order valence-electron chi connectivity index (χ4n) is 1.73. The number of ether oxygens (including phenoxy) is 4. The van der Waals surface area contributed by atoms with Crippen LogP contribution in [0.3, 0.4) is 0 Å². The van der Waals surface area contributed by atoms with Crippen molar-refractivity contribution in [1.82, 2.24) is 0 Å². The van der Waals surface area contributed by atoms with Crippen molar-refractivity contribution in [3.63, 3.8) is 0 Å². The Labute approximate surface area is 116 Å². The predicted octanol–water partition coefficient (Wildman–Crippen LogP) is 1.32. The summed E-state index contributed by atoms with van der Waals surface area (Å²) in [6, 6.07) is 7.03. The standard InChI is InChI=1S/C14H16O6/c1-17-10-2-4-11(5-3-10)18-9-7-13(15)20-12-6-8-19-14(12)16/h2-5,12H,6-9H2,1H3. The smallest absolute Gasteiger partial charge is 0.347 e. The van der Waals surface area contributed by atoms with E-state index in [1.54, 1.807) is 31.4 Å². The minimum Gasteiger partial charge on any atom is -0.497 e. The maximum absolute atomic E-state index is 11.5. The van der Waals surface area contributed by atoms with E-state index in [4.69, 9.17) is 18.9 Å². The summed E-state index contributed by atoms with van der Waals surface area (Å²) in [5.41, 5.74) is 0. The third kappa shape index (κ3) is 3.88. The van der Waals surface area contributed by atoms with E-state index in [-0.39, 0.29) is 13.0 Å². The highest BCUT2D eigenvalue weighted by Crippen LogP contribution is 2.17. The molecule has 6 nitrogen and oxygen atoms in total. The largest absolute Gasteiger partial charge is 0.497 e. The van der Waals surface area contributed by atoms with Crippen molar-refractivity contribution in [3.8, 4) is 11.5 Å². The molecule has 0 bridgehead atoms. The van der Waals surface area contributed by atoms with Crippen LogP contribution in [-0.2, 0) is 19.1 Å². The number of hydrogen-bond acceptors (Lipinski definition) is 6. The lowest BCUT2D eigenvalue weighted by atomic mass is 10.3. The van der Waals surface area contributed by atoms with E-state index in [1.807, 2.05) is 0 Å². The van der Waals surface area contributed by atoms with Gasteiger partial charge in [0, 0.05) is 6.42 Å². The molecule has 0 saturated carbocycles. The molecule has 0 aliphatic carbocycles. The first-order chi connectivity index (χ1) is 9.69. The van der Waals surface area contributed by atoms with Gasteiger partial charge in [-0.25, -0.2) is 4.79 Å². The van der Waals surface area contributed by atoms with E-state index in [1.165, 1.54) is 0 Å². The summed E-state index contributed by atoms with van der Waals surface area (Å²) >= 11 is 0. The molecule has 1 aliphatic rings. The fraction of sp³-hybridized carbons (Fsp3) is 0.429. The lowest BCUT2D eigenvalue weighted by molar-refractivity contribution is -0.160. The third-order valence-corrected chi connectivity index (χ3v) is 2.80. The Bertz CT molecular complexity index is 467. The summed E-state index contributed by atoms with van der Waals surface area (Å²) in [4.78, 5) is 22.6. The molecular formula is C14H16O6. The zero-order valence-corrected chi connectivity index (χ0v) is 11.2. The van der Waals surface area contributed by atoms with Gasteiger partial charge in [-0.1, -0.05) is 0 Å². The molecule has 0 amide bonds. The van der Waals surface area contributed by atoms with Gasteiger partial charge in [-0.15, -0.1) is 0 Å². The van der Waals surface area contributed by atoms with Gasteiger partial charge in [0.15, 0.2) is 0 Å². The zero-order chi connectivity index (χ0) is 14.4. The number of carbonyl (C=O) groups excluding carboxylic acids is 2. The van der Waals surface area contributed by atoms with Crippen LogP contribution >= 0.6 is 0 Å². The second-order valence-corrected chi connectivity index (χ2v) is 4.21. The summed E-state index contributed by atoms with van der Waals surface area (Å²) in [6.45, 7) is 0.492. The number of benzene rings is 1. The molecule has 1 aliphatic heterocycles. The van der Waals surface area contributed by atoms with E-state index in [2.05, 4.69) is 0 Å². The van der Waals surface area contributed by atoms with Gasteiger partial charge in [0.1, 0.15) is 11.5 Å². The van der Waals surface area contributed by atoms with Crippen LogP contribution in [0, 0.1) is 0 Å². The van der Waals surface area contributed by atoms with Crippen LogP contribution in [0.1, 0.15) is 12.8 Å². The molecule has 6 heteroatoms. The second-order valence-electron chi connectivity index (χ2n) is 4.21. The normalized spacial score (nSPS) is 17.4. The number of methoxy groups -OCH3 is 1. The van der Waals surface area contributed by atoms with Gasteiger partial charge < -0.3 is 18.9 Å². The Morgan fingerprint density at radius 3 is 2.60 bits per heavy atom. The van der Waals surface area contributed by atoms with Crippen LogP contribution in [0.5, 0.6) is 11.5 Å². The molecule has 20 heavy (non-hydrogen) atoms. The monoisotopic (exact) mass is 280 g/mol. The van der Waals surface area contributed by atoms with E-state index in [0.717, 1.165) is 5.75 Å². The summed E-state index contributed by atoms with van der Waals surface area (Å²) in [7, 11) is 1.58. The van der Waals surface area contributed by atoms with Crippen LogP contribution in [0.15, 0.2) is 24.3 Å². The van der Waals surface area contributed by atoms with Gasteiger partial charge >= 0.3 is 11.9 Å². The first-order valence-corrected chi connectivity index (χ1v) is 6.32. The number of cyclic esters (lactones) is 1. The van der Waals surface area contributed by atoms with Crippen molar-refractivity contribution in [2.45, 2.75) is 18.9 Å². The third-order valence-electron chi connectivity index (χ3n) is 2.80. The quantitative estimate of drug-likeness (QED) is 0.732. The first kappa shape index (κ1) is 14.2. The van der Waals surface area contributed by atoms with Crippen molar-refractivity contribution in [2.24, 2.45) is 0 Å². The minimum atomic E-state index is -0.761. The number of rotatable bonds is 6. The number of esters is 2. The van der Waals surface area contributed by atoms with Gasteiger partial charge in [-0.3, -0.25) is 4.79 Å². The SMILES string of the molecule is COc1ccc(OCCC(=O)OC2CCOC2=O)cc1. The molecule has 0 spiro atoms. The Morgan fingerprint density at radius 1 is 1.30 bits per heavy atom. The average molecular weight is 280 g/mol. The molecule has 1 unspecified atom stereocenters. The molecule has 1 heterocycles. The highest BCUT2D eigenvalue weighted by Gasteiger charge is 2.29. The predicted molar refractivity (Wildman–Crippen MR) is 68.6 cm³/mol. The highest BCUT2D eigenvalue weighted by molar-refractivity contribution is 5.80. The van der Waals surface area contributed by atoms with Crippen LogP contribution in [0.4, 0.5) is 0 Å². The van der Waals surface area contributed by atoms with Crippen LogP contribution in [0.25, 0.3) is 0 Å². The summed E-state index contributed by atoms with van der Waals surface area (Å²) in [5.74, 6) is 0.423. The summed E-state index contributed by atoms with van der Waals surface area (Å²) < 4.78 is 20.1. The van der Waals surface area contributed by atoms with Crippen molar-refractivity contribution >= 4 is 11.9 Å². The summed E-state index contributed by atoms with van der Waals surface area (Å²) in [6.07, 6.45) is -0.261. The average Bonchev–Trinajstić information content (AvgIpc) is 2.85. The van der Waals surface area contributed by atoms with Crippen molar-refractivity contribution < 1.29 is 28.5 Å². The molecule has 108 valence electrons. The van der Waals surface area contributed by atoms with Gasteiger partial charge in [-0.2, -0.15) is 0 Å². The van der Waals surface area contributed by atoms with Crippen molar-refractivity contribution in [3.05, 3.63) is 24.3 Å². The molecular weight excluding hydrogens is 264 g/mol. The molecule has 1 atom stereocenters. The van der Waals surface area contributed by atoms with Gasteiger partial charge in [-0.05, 0) is 24.3 Å². The maximum Gasteiger partial charge on any atom is 0.347 e. The lowest BCUT2D eigenvalue weighted by Crippen LogP contribution is -2.23. The van der Waals surface area contributed by atoms with Gasteiger partial charge in [0.25, 0.3) is 0 Å². The maximum atomic E-state index is 11.5. The molecule has 1 aromatic rings. The highest BCUT2D eigenvalue weighted by atomic mass is 16.6. The Balaban J connectivity index is 1.69. The van der Waals surface area contributed by atoms with E-state index in [9.17, 15) is 9.59 Å². The fourth-order valence-corrected chi connectivity index (χ4v) is 1.73. The Hall–Kier alpha value is -2.24. The molecule has 0 N–H and O–H groups in total. The van der Waals surface area contributed by atoms with Crippen molar-refractivity contribution in [2.75, 3.05) is 20.3 Å². The number of carbonyl (C=O) groups is 2. The van der Waals surface area contributed by atoms with Gasteiger partial charge in [0.2, 0.25) is 6.10 Å². The molecule has 0 radical (unpaired) electrons. The van der Waals surface area contributed by atoms with Crippen LogP contribution < -0.4 is 9.47 Å².